The highest BCUT2D eigenvalue weighted by Gasteiger charge is 2.46. The fraction of sp³-hybridized carbons (Fsp3) is 0.391. The van der Waals surface area contributed by atoms with Crippen LogP contribution in [0.15, 0.2) is 42.5 Å². The average molecular weight is 494 g/mol. The van der Waals surface area contributed by atoms with E-state index in [2.05, 4.69) is 15.8 Å². The predicted molar refractivity (Wildman–Crippen MR) is 128 cm³/mol. The summed E-state index contributed by atoms with van der Waals surface area (Å²) in [5.74, 6) is 1.11. The number of carbonyl (C=O) groups excluding carboxylic acids is 2. The van der Waals surface area contributed by atoms with Crippen LogP contribution in [0.4, 0.5) is 0 Å². The van der Waals surface area contributed by atoms with Gasteiger partial charge in [0.25, 0.3) is 5.91 Å². The number of piperidine rings is 3. The van der Waals surface area contributed by atoms with Gasteiger partial charge in [0.1, 0.15) is 5.75 Å². The SMILES string of the molecule is COc1ccc(CS[C@H]2[C@H](C(=O)NNC(=O)c3ccc(Cl)cc3Cl)C3CCN2CC3)cc1. The van der Waals surface area contributed by atoms with Crippen LogP contribution in [-0.4, -0.2) is 42.3 Å². The first-order valence-corrected chi connectivity index (χ1v) is 12.3. The Morgan fingerprint density at radius 2 is 1.81 bits per heavy atom. The molecule has 3 aliphatic rings. The number of thioether (sulfide) groups is 1. The first kappa shape index (κ1) is 23.2. The summed E-state index contributed by atoms with van der Waals surface area (Å²) in [4.78, 5) is 28.0. The fourth-order valence-corrected chi connectivity index (χ4v) is 6.42. The van der Waals surface area contributed by atoms with Gasteiger partial charge >= 0.3 is 0 Å². The van der Waals surface area contributed by atoms with E-state index in [0.717, 1.165) is 37.4 Å². The molecule has 0 unspecified atom stereocenters. The zero-order valence-corrected chi connectivity index (χ0v) is 20.0. The Labute approximate surface area is 201 Å². The van der Waals surface area contributed by atoms with Gasteiger partial charge in [0.05, 0.1) is 29.0 Å². The minimum Gasteiger partial charge on any atom is -0.497 e. The van der Waals surface area contributed by atoms with Gasteiger partial charge in [-0.25, -0.2) is 0 Å². The molecule has 2 amide bonds. The Balaban J connectivity index is 1.40. The van der Waals surface area contributed by atoms with Crippen molar-refractivity contribution in [3.05, 3.63) is 63.6 Å². The van der Waals surface area contributed by atoms with Crippen LogP contribution >= 0.6 is 35.0 Å². The second-order valence-corrected chi connectivity index (χ2v) is 9.96. The highest BCUT2D eigenvalue weighted by Crippen LogP contribution is 2.42. The molecule has 2 bridgehead atoms. The van der Waals surface area contributed by atoms with E-state index in [9.17, 15) is 9.59 Å². The van der Waals surface area contributed by atoms with Crippen LogP contribution in [0.25, 0.3) is 0 Å². The summed E-state index contributed by atoms with van der Waals surface area (Å²) in [5, 5.41) is 0.750. The number of hydrogen-bond donors (Lipinski definition) is 2. The molecular weight excluding hydrogens is 469 g/mol. The quantitative estimate of drug-likeness (QED) is 0.584. The van der Waals surface area contributed by atoms with Crippen LogP contribution in [-0.2, 0) is 10.5 Å². The topological polar surface area (TPSA) is 70.7 Å². The number of nitrogens with one attached hydrogen (secondary N) is 2. The second-order valence-electron chi connectivity index (χ2n) is 8.02. The minimum atomic E-state index is -0.469. The van der Waals surface area contributed by atoms with Crippen molar-refractivity contribution < 1.29 is 14.3 Å². The predicted octanol–water partition coefficient (Wildman–Crippen LogP) is 4.36. The standard InChI is InChI=1S/C23H25Cl2N3O3S/c1-31-17-5-2-14(3-6-17)13-32-23-20(15-8-10-28(23)11-9-15)22(30)27-26-21(29)18-7-4-16(24)12-19(18)25/h2-7,12,15,20,23H,8-11,13H2,1H3,(H,26,29)(H,27,30)/t20-,23-/m0/s1. The van der Waals surface area contributed by atoms with Gasteiger partial charge in [0.15, 0.2) is 0 Å². The van der Waals surface area contributed by atoms with Crippen molar-refractivity contribution in [2.45, 2.75) is 24.0 Å². The zero-order valence-electron chi connectivity index (χ0n) is 17.6. The zero-order chi connectivity index (χ0) is 22.7. The lowest BCUT2D eigenvalue weighted by Gasteiger charge is -2.49. The smallest absolute Gasteiger partial charge is 0.271 e. The Hall–Kier alpha value is -1.93. The molecule has 0 spiro atoms. The minimum absolute atomic E-state index is 0.0700. The first-order chi connectivity index (χ1) is 15.5. The van der Waals surface area contributed by atoms with Crippen LogP contribution in [0.3, 0.4) is 0 Å². The van der Waals surface area contributed by atoms with Crippen LogP contribution in [0.5, 0.6) is 5.75 Å². The summed E-state index contributed by atoms with van der Waals surface area (Å²) in [6, 6.07) is 12.6. The largest absolute Gasteiger partial charge is 0.497 e. The number of nitrogens with zero attached hydrogens (tertiary/aromatic N) is 1. The Bertz CT molecular complexity index is 981. The van der Waals surface area contributed by atoms with Crippen molar-refractivity contribution in [1.29, 1.82) is 0 Å². The van der Waals surface area contributed by atoms with Gasteiger partial charge in [0, 0.05) is 10.8 Å². The molecule has 6 nitrogen and oxygen atoms in total. The number of fused-ring (bicyclic) bond motifs is 3. The maximum Gasteiger partial charge on any atom is 0.271 e. The molecule has 3 heterocycles. The van der Waals surface area contributed by atoms with Crippen molar-refractivity contribution in [3.63, 3.8) is 0 Å². The molecule has 9 heteroatoms. The van der Waals surface area contributed by atoms with E-state index in [1.54, 1.807) is 24.9 Å². The van der Waals surface area contributed by atoms with Crippen molar-refractivity contribution in [2.24, 2.45) is 11.8 Å². The monoisotopic (exact) mass is 493 g/mol. The average Bonchev–Trinajstić information content (AvgIpc) is 2.81. The molecule has 2 aromatic rings. The third-order valence-electron chi connectivity index (χ3n) is 6.11. The van der Waals surface area contributed by atoms with E-state index >= 15 is 0 Å². The van der Waals surface area contributed by atoms with E-state index in [-0.39, 0.29) is 27.8 Å². The molecule has 0 aromatic heterocycles. The van der Waals surface area contributed by atoms with E-state index in [4.69, 9.17) is 27.9 Å². The third-order valence-corrected chi connectivity index (χ3v) is 8.09. The second kappa shape index (κ2) is 10.3. The number of hydrazine groups is 1. The van der Waals surface area contributed by atoms with Crippen molar-refractivity contribution >= 4 is 46.8 Å². The lowest BCUT2D eigenvalue weighted by Crippen LogP contribution is -2.59. The molecule has 0 radical (unpaired) electrons. The summed E-state index contributed by atoms with van der Waals surface area (Å²) >= 11 is 13.8. The molecule has 0 saturated carbocycles. The van der Waals surface area contributed by atoms with Crippen molar-refractivity contribution in [1.82, 2.24) is 15.8 Å². The lowest BCUT2D eigenvalue weighted by molar-refractivity contribution is -0.133. The van der Waals surface area contributed by atoms with Gasteiger partial charge in [-0.15, -0.1) is 11.8 Å². The number of carbonyl (C=O) groups is 2. The number of ether oxygens (including phenoxy) is 1. The van der Waals surface area contributed by atoms with Crippen LogP contribution in [0, 0.1) is 11.8 Å². The summed E-state index contributed by atoms with van der Waals surface area (Å²) in [7, 11) is 1.65. The number of amides is 2. The molecule has 2 N–H and O–H groups in total. The lowest BCUT2D eigenvalue weighted by atomic mass is 9.78. The van der Waals surface area contributed by atoms with Gasteiger partial charge < -0.3 is 4.74 Å². The van der Waals surface area contributed by atoms with Gasteiger partial charge in [-0.2, -0.15) is 0 Å². The van der Waals surface area contributed by atoms with E-state index < -0.39 is 5.91 Å². The number of rotatable bonds is 6. The van der Waals surface area contributed by atoms with Crippen LogP contribution in [0.2, 0.25) is 10.0 Å². The van der Waals surface area contributed by atoms with Crippen LogP contribution < -0.4 is 15.6 Å². The van der Waals surface area contributed by atoms with Gasteiger partial charge in [-0.1, -0.05) is 35.3 Å². The number of halogens is 2. The van der Waals surface area contributed by atoms with Gasteiger partial charge in [-0.3, -0.25) is 25.3 Å². The summed E-state index contributed by atoms with van der Waals surface area (Å²) in [6.45, 7) is 2.00. The fourth-order valence-electron chi connectivity index (χ4n) is 4.39. The Morgan fingerprint density at radius 1 is 1.09 bits per heavy atom. The number of methoxy groups -OCH3 is 1. The summed E-state index contributed by atoms with van der Waals surface area (Å²) in [5.41, 5.74) is 6.59. The molecule has 2 atom stereocenters. The van der Waals surface area contributed by atoms with Crippen LogP contribution in [0.1, 0.15) is 28.8 Å². The van der Waals surface area contributed by atoms with Gasteiger partial charge in [0.2, 0.25) is 5.91 Å². The Morgan fingerprint density at radius 3 is 2.47 bits per heavy atom. The maximum absolute atomic E-state index is 13.1. The molecule has 5 rings (SSSR count). The molecule has 32 heavy (non-hydrogen) atoms. The molecule has 170 valence electrons. The van der Waals surface area contributed by atoms with E-state index in [0.29, 0.717) is 10.9 Å². The molecule has 2 aromatic carbocycles. The molecular formula is C23H25Cl2N3O3S. The summed E-state index contributed by atoms with van der Waals surface area (Å²) in [6.07, 6.45) is 1.99. The van der Waals surface area contributed by atoms with Crippen molar-refractivity contribution in [2.75, 3.05) is 20.2 Å². The van der Waals surface area contributed by atoms with Gasteiger partial charge in [-0.05, 0) is 67.7 Å². The maximum atomic E-state index is 13.1. The van der Waals surface area contributed by atoms with E-state index in [1.807, 2.05) is 24.3 Å². The number of benzene rings is 2. The molecule has 3 saturated heterocycles. The molecule has 3 fully saturated rings. The molecule has 3 aliphatic heterocycles. The molecule has 0 aliphatic carbocycles. The summed E-state index contributed by atoms with van der Waals surface area (Å²) < 4.78 is 5.23. The van der Waals surface area contributed by atoms with Crippen molar-refractivity contribution in [3.8, 4) is 5.75 Å². The number of hydrogen-bond acceptors (Lipinski definition) is 5. The highest BCUT2D eigenvalue weighted by atomic mass is 35.5. The Kier molecular flexibility index (Phi) is 7.51. The van der Waals surface area contributed by atoms with E-state index in [1.165, 1.54) is 17.7 Å². The normalized spacial score (nSPS) is 24.1. The highest BCUT2D eigenvalue weighted by molar-refractivity contribution is 7.99. The first-order valence-electron chi connectivity index (χ1n) is 10.5. The third kappa shape index (κ3) is 5.17.